The number of benzene rings is 2. The Hall–Kier alpha value is -4.87. The van der Waals surface area contributed by atoms with Crippen LogP contribution in [0.15, 0.2) is 42.5 Å². The molecule has 61 heavy (non-hydrogen) atoms. The summed E-state index contributed by atoms with van der Waals surface area (Å²) in [5.74, 6) is 1.10. The van der Waals surface area contributed by atoms with Gasteiger partial charge in [-0.15, -0.1) is 6.42 Å². The Balaban J connectivity index is 1.37. The van der Waals surface area contributed by atoms with E-state index in [-0.39, 0.29) is 12.0 Å². The minimum absolute atomic E-state index is 0.134. The number of esters is 3. The maximum absolute atomic E-state index is 15.4. The number of anilines is 1. The number of hydrogen-bond acceptors (Lipinski definition) is 12. The van der Waals surface area contributed by atoms with Gasteiger partial charge in [0.1, 0.15) is 11.2 Å². The van der Waals surface area contributed by atoms with Crippen LogP contribution < -0.4 is 9.64 Å². The lowest BCUT2D eigenvalue weighted by atomic mass is 9.47. The fraction of sp³-hybridized carbons (Fsp3) is 0.562. The van der Waals surface area contributed by atoms with Gasteiger partial charge in [-0.1, -0.05) is 31.9 Å². The molecule has 1 aromatic heterocycles. The molecule has 2 saturated heterocycles. The van der Waals surface area contributed by atoms with E-state index in [2.05, 4.69) is 26.8 Å². The van der Waals surface area contributed by atoms with E-state index < -0.39 is 57.5 Å². The Kier molecular flexibility index (Phi) is 9.75. The van der Waals surface area contributed by atoms with Gasteiger partial charge in [0, 0.05) is 96.5 Å². The zero-order chi connectivity index (χ0) is 43.4. The highest BCUT2D eigenvalue weighted by Crippen LogP contribution is 2.68. The van der Waals surface area contributed by atoms with Gasteiger partial charge in [-0.05, 0) is 86.4 Å². The molecule has 1 unspecified atom stereocenters. The van der Waals surface area contributed by atoms with Crippen LogP contribution in [0.3, 0.4) is 0 Å². The number of nitrogens with zero attached hydrogens (tertiary/aromatic N) is 3. The van der Waals surface area contributed by atoms with E-state index in [1.807, 2.05) is 62.2 Å². The normalized spacial score (nSPS) is 36.0. The summed E-state index contributed by atoms with van der Waals surface area (Å²) in [4.78, 5) is 53.2. The van der Waals surface area contributed by atoms with Crippen LogP contribution in [0.5, 0.6) is 5.75 Å². The molecule has 0 radical (unpaired) electrons. The molecule has 1 spiro atoms. The number of H-pyrrole nitrogens is 1. The quantitative estimate of drug-likeness (QED) is 0.137. The second-order valence-electron chi connectivity index (χ2n) is 18.6. The minimum Gasteiger partial charge on any atom is -0.496 e. The molecular weight excluding hydrogens is 777 g/mol. The molecule has 1 aliphatic carbocycles. The SMILES string of the molecule is C#Cc1ccc2[nH]c3c(c2c1)CCN1C[C@H](C[C@@](O)(CC)C1)C[C@]3(C(=O)OC)c1cc2c(cc1OC)N(C)[C@H]1[C@@](O)(C(=O)OC)[C@H](OC(C)=O)[C@]3(CC)C=CCN4CC[C@]21[C@@H]43. The first-order valence-corrected chi connectivity index (χ1v) is 21.7. The largest absolute Gasteiger partial charge is 0.496 e. The van der Waals surface area contributed by atoms with Gasteiger partial charge in [-0.3, -0.25) is 19.4 Å². The Bertz CT molecular complexity index is 2400. The van der Waals surface area contributed by atoms with Crippen LogP contribution in [0.1, 0.15) is 80.8 Å². The summed E-state index contributed by atoms with van der Waals surface area (Å²) in [5.41, 5.74) is -1.35. The molecule has 3 fully saturated rings. The first-order valence-electron chi connectivity index (χ1n) is 21.7. The Morgan fingerprint density at radius 3 is 2.43 bits per heavy atom. The Morgan fingerprint density at radius 1 is 0.984 bits per heavy atom. The summed E-state index contributed by atoms with van der Waals surface area (Å²) in [6, 6.07) is 8.59. The third-order valence-electron chi connectivity index (χ3n) is 15.9. The van der Waals surface area contributed by atoms with Crippen molar-refractivity contribution < 1.29 is 43.5 Å². The highest BCUT2D eigenvalue weighted by atomic mass is 16.6. The lowest BCUT2D eigenvalue weighted by molar-refractivity contribution is -0.228. The van der Waals surface area contributed by atoms with Gasteiger partial charge in [0.25, 0.3) is 0 Å². The summed E-state index contributed by atoms with van der Waals surface area (Å²) in [7, 11) is 6.10. The van der Waals surface area contributed by atoms with E-state index in [1.165, 1.54) is 21.1 Å². The molecule has 3 aromatic rings. The van der Waals surface area contributed by atoms with Crippen LogP contribution in [0.4, 0.5) is 5.69 Å². The number of likely N-dealkylation sites (N-methyl/N-ethyl adjacent to an activating group) is 1. The molecule has 10 atom stereocenters. The molecule has 3 N–H and O–H groups in total. The molecule has 13 heteroatoms. The maximum atomic E-state index is 15.4. The molecule has 1 saturated carbocycles. The summed E-state index contributed by atoms with van der Waals surface area (Å²) in [6.07, 6.45) is 11.7. The number of terminal acetylenes is 1. The molecule has 5 aliphatic heterocycles. The number of fused-ring (bicyclic) bond motifs is 6. The predicted molar refractivity (Wildman–Crippen MR) is 228 cm³/mol. The van der Waals surface area contributed by atoms with Crippen LogP contribution in [0, 0.1) is 23.7 Å². The first kappa shape index (κ1) is 41.5. The van der Waals surface area contributed by atoms with Crippen molar-refractivity contribution >= 4 is 34.5 Å². The van der Waals surface area contributed by atoms with Gasteiger partial charge in [-0.2, -0.15) is 0 Å². The van der Waals surface area contributed by atoms with Gasteiger partial charge in [0.05, 0.1) is 33.0 Å². The average molecular weight is 835 g/mol. The zero-order valence-electron chi connectivity index (χ0n) is 36.3. The molecule has 0 amide bonds. The minimum atomic E-state index is -2.32. The number of aromatic amines is 1. The van der Waals surface area contributed by atoms with Crippen molar-refractivity contribution in [2.75, 3.05) is 66.0 Å². The number of aromatic nitrogens is 1. The number of rotatable bonds is 7. The van der Waals surface area contributed by atoms with Crippen LogP contribution in [0.2, 0.25) is 0 Å². The third-order valence-corrected chi connectivity index (χ3v) is 15.9. The van der Waals surface area contributed by atoms with Gasteiger partial charge < -0.3 is 39.0 Å². The molecule has 2 bridgehead atoms. The van der Waals surface area contributed by atoms with Crippen molar-refractivity contribution in [2.24, 2.45) is 11.3 Å². The molecule has 2 aromatic carbocycles. The fourth-order valence-electron chi connectivity index (χ4n) is 13.6. The highest BCUT2D eigenvalue weighted by Gasteiger charge is 2.80. The Labute approximate surface area is 357 Å². The summed E-state index contributed by atoms with van der Waals surface area (Å²) < 4.78 is 24.0. The average Bonchev–Trinajstić information content (AvgIpc) is 3.92. The lowest BCUT2D eigenvalue weighted by Crippen LogP contribution is -2.81. The lowest BCUT2D eigenvalue weighted by Gasteiger charge is -2.63. The number of aliphatic hydroxyl groups is 2. The number of ether oxygens (including phenoxy) is 4. The van der Waals surface area contributed by atoms with E-state index in [0.717, 1.165) is 33.3 Å². The van der Waals surface area contributed by atoms with Crippen molar-refractivity contribution in [2.45, 2.75) is 99.5 Å². The van der Waals surface area contributed by atoms with Crippen molar-refractivity contribution in [3.8, 4) is 18.1 Å². The molecule has 6 heterocycles. The summed E-state index contributed by atoms with van der Waals surface area (Å²) in [6.45, 7) is 8.45. The summed E-state index contributed by atoms with van der Waals surface area (Å²) in [5, 5.41) is 26.3. The molecule has 6 aliphatic rings. The van der Waals surface area contributed by atoms with Crippen LogP contribution in [-0.4, -0.2) is 133 Å². The molecular formula is C48H58N4O9. The zero-order valence-corrected chi connectivity index (χ0v) is 36.3. The highest BCUT2D eigenvalue weighted by molar-refractivity contribution is 5.95. The van der Waals surface area contributed by atoms with E-state index in [0.29, 0.717) is 88.3 Å². The number of nitrogens with one attached hydrogen (secondary N) is 1. The van der Waals surface area contributed by atoms with E-state index in [9.17, 15) is 19.8 Å². The maximum Gasteiger partial charge on any atom is 0.344 e. The molecule has 13 nitrogen and oxygen atoms in total. The monoisotopic (exact) mass is 834 g/mol. The molecule has 324 valence electrons. The first-order chi connectivity index (χ1) is 29.2. The van der Waals surface area contributed by atoms with Gasteiger partial charge in [-0.25, -0.2) is 4.79 Å². The number of carbonyl (C=O) groups excluding carboxylic acids is 3. The van der Waals surface area contributed by atoms with Crippen molar-refractivity contribution in [1.29, 1.82) is 0 Å². The van der Waals surface area contributed by atoms with Crippen LogP contribution in [0.25, 0.3) is 10.9 Å². The predicted octanol–water partition coefficient (Wildman–Crippen LogP) is 3.97. The van der Waals surface area contributed by atoms with Gasteiger partial charge in [0.15, 0.2) is 6.10 Å². The number of carbonyl (C=O) groups is 3. The van der Waals surface area contributed by atoms with Crippen molar-refractivity contribution in [1.82, 2.24) is 14.8 Å². The van der Waals surface area contributed by atoms with Crippen LogP contribution in [-0.2, 0) is 45.8 Å². The van der Waals surface area contributed by atoms with Crippen molar-refractivity contribution in [3.63, 3.8) is 0 Å². The fourth-order valence-corrected chi connectivity index (χ4v) is 13.6. The van der Waals surface area contributed by atoms with E-state index in [1.54, 1.807) is 7.11 Å². The summed E-state index contributed by atoms with van der Waals surface area (Å²) >= 11 is 0. The van der Waals surface area contributed by atoms with Gasteiger partial charge >= 0.3 is 17.9 Å². The Morgan fingerprint density at radius 2 is 1.75 bits per heavy atom. The number of piperidine rings is 1. The second-order valence-corrected chi connectivity index (χ2v) is 18.6. The van der Waals surface area contributed by atoms with Crippen molar-refractivity contribution in [3.05, 3.63) is 70.4 Å². The van der Waals surface area contributed by atoms with Crippen LogP contribution >= 0.6 is 0 Å². The number of hydrogen-bond donors (Lipinski definition) is 3. The third kappa shape index (κ3) is 5.44. The second kappa shape index (κ2) is 14.3. The topological polar surface area (TPSA) is 154 Å². The standard InChI is InChI=1S/C48H58N4O9/c1-9-29-13-14-35-32(21-29)31-15-19-51-26-30(24-44(56,10-2)27-51)25-47(38(31)49-35,42(54)59-7)34-22-33-36(23-37(34)58-6)50(5)40-46(33)17-20-52-18-12-16-45(11-3,39(46)52)41(61-28(4)53)48(40,57)43(55)60-8/h1,12-14,16,21-23,30,39-41,49,56-57H,10-11,15,17-20,24-27H2,2-8H3/t30-,39+,40-,41-,44+,45-,46-,47+,48+/m1/s1. The smallest absolute Gasteiger partial charge is 0.344 e. The number of methoxy groups -OCH3 is 3. The van der Waals surface area contributed by atoms with E-state index in [4.69, 9.17) is 25.4 Å². The van der Waals surface area contributed by atoms with E-state index >= 15 is 4.79 Å². The molecule has 9 rings (SSSR count). The van der Waals surface area contributed by atoms with Gasteiger partial charge in [0.2, 0.25) is 5.60 Å².